The topological polar surface area (TPSA) is 80.5 Å². The summed E-state index contributed by atoms with van der Waals surface area (Å²) in [5, 5.41) is 3.30. The van der Waals surface area contributed by atoms with Gasteiger partial charge in [-0.25, -0.2) is 9.78 Å². The van der Waals surface area contributed by atoms with Crippen molar-refractivity contribution in [3.05, 3.63) is 17.8 Å². The van der Waals surface area contributed by atoms with Crippen LogP contribution in [0.4, 0.5) is 11.5 Å². The SMILES string of the molecule is CCOC(=O)c1cc(NCC2CCCN(C)C2)ncc1N. The third-order valence-electron chi connectivity index (χ3n) is 3.72. The summed E-state index contributed by atoms with van der Waals surface area (Å²) in [6, 6.07) is 1.67. The van der Waals surface area contributed by atoms with E-state index >= 15 is 0 Å². The zero-order chi connectivity index (χ0) is 15.2. The summed E-state index contributed by atoms with van der Waals surface area (Å²) < 4.78 is 4.99. The molecule has 0 aliphatic carbocycles. The van der Waals surface area contributed by atoms with Crippen molar-refractivity contribution >= 4 is 17.5 Å². The van der Waals surface area contributed by atoms with E-state index in [9.17, 15) is 4.79 Å². The second-order valence-corrected chi connectivity index (χ2v) is 5.53. The number of likely N-dealkylation sites (tertiary alicyclic amines) is 1. The first-order chi connectivity index (χ1) is 10.1. The molecule has 0 amide bonds. The van der Waals surface area contributed by atoms with E-state index in [1.807, 2.05) is 0 Å². The van der Waals surface area contributed by atoms with Crippen LogP contribution in [0.1, 0.15) is 30.1 Å². The Labute approximate surface area is 125 Å². The summed E-state index contributed by atoms with van der Waals surface area (Å²) in [6.45, 7) is 5.21. The van der Waals surface area contributed by atoms with Crippen molar-refractivity contribution < 1.29 is 9.53 Å². The maximum absolute atomic E-state index is 11.8. The van der Waals surface area contributed by atoms with Gasteiger partial charge in [0, 0.05) is 13.1 Å². The van der Waals surface area contributed by atoms with Gasteiger partial charge in [-0.3, -0.25) is 0 Å². The number of hydrogen-bond donors (Lipinski definition) is 2. The van der Waals surface area contributed by atoms with Crippen molar-refractivity contribution in [1.29, 1.82) is 0 Å². The number of nitrogen functional groups attached to an aromatic ring is 1. The zero-order valence-corrected chi connectivity index (χ0v) is 12.8. The lowest BCUT2D eigenvalue weighted by Gasteiger charge is -2.29. The number of carbonyl (C=O) groups is 1. The Balaban J connectivity index is 1.97. The van der Waals surface area contributed by atoms with Gasteiger partial charge in [0.25, 0.3) is 0 Å². The van der Waals surface area contributed by atoms with Gasteiger partial charge in [0.1, 0.15) is 5.82 Å². The van der Waals surface area contributed by atoms with Gasteiger partial charge in [0.05, 0.1) is 24.1 Å². The van der Waals surface area contributed by atoms with Crippen molar-refractivity contribution in [3.8, 4) is 0 Å². The smallest absolute Gasteiger partial charge is 0.340 e. The first-order valence-electron chi connectivity index (χ1n) is 7.45. The molecule has 1 atom stereocenters. The quantitative estimate of drug-likeness (QED) is 0.802. The molecule has 1 unspecified atom stereocenters. The number of esters is 1. The van der Waals surface area contributed by atoms with Crippen molar-refractivity contribution in [2.45, 2.75) is 19.8 Å². The van der Waals surface area contributed by atoms with Gasteiger partial charge in [0.2, 0.25) is 0 Å². The van der Waals surface area contributed by atoms with Crippen LogP contribution in [0.15, 0.2) is 12.3 Å². The minimum absolute atomic E-state index is 0.331. The number of aromatic nitrogens is 1. The van der Waals surface area contributed by atoms with Crippen molar-refractivity contribution in [3.63, 3.8) is 0 Å². The molecule has 116 valence electrons. The molecule has 1 aromatic heterocycles. The molecule has 1 fully saturated rings. The van der Waals surface area contributed by atoms with Gasteiger partial charge in [-0.05, 0) is 45.3 Å². The molecule has 0 aromatic carbocycles. The van der Waals surface area contributed by atoms with Crippen molar-refractivity contribution in [1.82, 2.24) is 9.88 Å². The summed E-state index contributed by atoms with van der Waals surface area (Å²) >= 11 is 0. The zero-order valence-electron chi connectivity index (χ0n) is 12.8. The highest BCUT2D eigenvalue weighted by atomic mass is 16.5. The normalized spacial score (nSPS) is 19.2. The number of hydrogen-bond acceptors (Lipinski definition) is 6. The van der Waals surface area contributed by atoms with E-state index in [2.05, 4.69) is 22.2 Å². The van der Waals surface area contributed by atoms with E-state index in [4.69, 9.17) is 10.5 Å². The average Bonchev–Trinajstić information content (AvgIpc) is 2.46. The average molecular weight is 292 g/mol. The summed E-state index contributed by atoms with van der Waals surface area (Å²) in [7, 11) is 2.15. The highest BCUT2D eigenvalue weighted by Gasteiger charge is 2.17. The summed E-state index contributed by atoms with van der Waals surface area (Å²) in [4.78, 5) is 18.4. The van der Waals surface area contributed by atoms with Crippen molar-refractivity contribution in [2.24, 2.45) is 5.92 Å². The predicted octanol–water partition coefficient (Wildman–Crippen LogP) is 1.59. The largest absolute Gasteiger partial charge is 0.462 e. The number of ether oxygens (including phenoxy) is 1. The number of nitrogens with one attached hydrogen (secondary N) is 1. The minimum atomic E-state index is -0.405. The Bertz CT molecular complexity index is 493. The van der Waals surface area contributed by atoms with Crippen LogP contribution >= 0.6 is 0 Å². The standard InChI is InChI=1S/C15H24N4O2/c1-3-21-15(20)12-7-14(18-9-13(12)16)17-8-11-5-4-6-19(2)10-11/h7,9,11H,3-6,8,10,16H2,1-2H3,(H,17,18). The Kier molecular flexibility index (Phi) is 5.38. The van der Waals surface area contributed by atoms with E-state index in [0.29, 0.717) is 29.6 Å². The predicted molar refractivity (Wildman–Crippen MR) is 83.3 cm³/mol. The molecule has 0 bridgehead atoms. The first kappa shape index (κ1) is 15.6. The Morgan fingerprint density at radius 3 is 3.14 bits per heavy atom. The Hall–Kier alpha value is -1.82. The third-order valence-corrected chi connectivity index (χ3v) is 3.72. The molecule has 6 heteroatoms. The van der Waals surface area contributed by atoms with Crippen LogP contribution in [-0.2, 0) is 4.74 Å². The van der Waals surface area contributed by atoms with Crippen LogP contribution in [0.5, 0.6) is 0 Å². The number of carbonyl (C=O) groups excluding carboxylic acids is 1. The molecular weight excluding hydrogens is 268 g/mol. The molecule has 1 aromatic rings. The fraction of sp³-hybridized carbons (Fsp3) is 0.600. The third kappa shape index (κ3) is 4.32. The molecule has 1 aliphatic rings. The maximum atomic E-state index is 11.8. The van der Waals surface area contributed by atoms with E-state index in [1.54, 1.807) is 13.0 Å². The summed E-state index contributed by atoms with van der Waals surface area (Å²) in [5.41, 5.74) is 6.49. The molecule has 21 heavy (non-hydrogen) atoms. The minimum Gasteiger partial charge on any atom is -0.462 e. The number of pyridine rings is 1. The number of piperidine rings is 1. The Morgan fingerprint density at radius 2 is 2.43 bits per heavy atom. The summed E-state index contributed by atoms with van der Waals surface area (Å²) in [6.07, 6.45) is 3.95. The van der Waals surface area contributed by atoms with Crippen LogP contribution in [0, 0.1) is 5.92 Å². The van der Waals surface area contributed by atoms with Crippen LogP contribution in [-0.4, -0.2) is 49.1 Å². The van der Waals surface area contributed by atoms with Crippen LogP contribution in [0.3, 0.4) is 0 Å². The van der Waals surface area contributed by atoms with Gasteiger partial charge < -0.3 is 20.7 Å². The van der Waals surface area contributed by atoms with E-state index < -0.39 is 5.97 Å². The fourth-order valence-corrected chi connectivity index (χ4v) is 2.64. The fourth-order valence-electron chi connectivity index (χ4n) is 2.64. The molecule has 0 saturated carbocycles. The molecule has 0 spiro atoms. The molecule has 3 N–H and O–H groups in total. The lowest BCUT2D eigenvalue weighted by molar-refractivity contribution is 0.0527. The van der Waals surface area contributed by atoms with Gasteiger partial charge in [-0.15, -0.1) is 0 Å². The Morgan fingerprint density at radius 1 is 1.62 bits per heavy atom. The van der Waals surface area contributed by atoms with E-state index in [0.717, 1.165) is 13.1 Å². The second-order valence-electron chi connectivity index (χ2n) is 5.53. The van der Waals surface area contributed by atoms with Gasteiger partial charge in [-0.1, -0.05) is 0 Å². The highest BCUT2D eigenvalue weighted by Crippen LogP contribution is 2.19. The van der Waals surface area contributed by atoms with E-state index in [-0.39, 0.29) is 0 Å². The van der Waals surface area contributed by atoms with Gasteiger partial charge in [-0.2, -0.15) is 0 Å². The van der Waals surface area contributed by atoms with Gasteiger partial charge >= 0.3 is 5.97 Å². The molecule has 2 heterocycles. The lowest BCUT2D eigenvalue weighted by atomic mass is 9.98. The first-order valence-corrected chi connectivity index (χ1v) is 7.45. The maximum Gasteiger partial charge on any atom is 0.340 e. The highest BCUT2D eigenvalue weighted by molar-refractivity contribution is 5.95. The van der Waals surface area contributed by atoms with Crippen molar-refractivity contribution in [2.75, 3.05) is 44.3 Å². The van der Waals surface area contributed by atoms with Crippen LogP contribution in [0.25, 0.3) is 0 Å². The molecule has 0 radical (unpaired) electrons. The molecule has 6 nitrogen and oxygen atoms in total. The molecule has 1 aliphatic heterocycles. The molecule has 2 rings (SSSR count). The summed E-state index contributed by atoms with van der Waals surface area (Å²) in [5.74, 6) is 0.868. The number of anilines is 2. The monoisotopic (exact) mass is 292 g/mol. The van der Waals surface area contributed by atoms with Crippen LogP contribution in [0.2, 0.25) is 0 Å². The van der Waals surface area contributed by atoms with Gasteiger partial charge in [0.15, 0.2) is 0 Å². The number of rotatable bonds is 5. The lowest BCUT2D eigenvalue weighted by Crippen LogP contribution is -2.35. The molecule has 1 saturated heterocycles. The van der Waals surface area contributed by atoms with E-state index in [1.165, 1.54) is 25.6 Å². The number of nitrogens with two attached hydrogens (primary N) is 1. The van der Waals surface area contributed by atoms with Crippen LogP contribution < -0.4 is 11.1 Å². The number of nitrogens with zero attached hydrogens (tertiary/aromatic N) is 2. The molecular formula is C15H24N4O2. The second kappa shape index (κ2) is 7.26.